The first-order valence-corrected chi connectivity index (χ1v) is 16.1. The fourth-order valence-corrected chi connectivity index (χ4v) is 7.89. The molecule has 8 rings (SSSR count). The maximum absolute atomic E-state index is 16.9. The van der Waals surface area contributed by atoms with E-state index in [2.05, 4.69) is 32.9 Å². The minimum atomic E-state index is -0.876. The van der Waals surface area contributed by atoms with Crippen molar-refractivity contribution in [1.82, 2.24) is 20.2 Å². The molecule has 4 fully saturated rings. The molecule has 4 aliphatic rings. The molecule has 4 aromatic rings. The fourth-order valence-electron chi connectivity index (χ4n) is 7.89. The van der Waals surface area contributed by atoms with Gasteiger partial charge in [-0.3, -0.25) is 4.90 Å². The van der Waals surface area contributed by atoms with Crippen LogP contribution in [0.1, 0.15) is 44.6 Å². The predicted octanol–water partition coefficient (Wildman–Crippen LogP) is 5.95. The van der Waals surface area contributed by atoms with E-state index >= 15 is 8.78 Å². The topological polar surface area (TPSA) is 73.8 Å². The second-order valence-corrected chi connectivity index (χ2v) is 14.0. The van der Waals surface area contributed by atoms with E-state index in [1.165, 1.54) is 18.2 Å². The monoisotopic (exact) mass is 627 g/mol. The Morgan fingerprint density at radius 3 is 2.72 bits per heavy atom. The van der Waals surface area contributed by atoms with Gasteiger partial charge < -0.3 is 20.1 Å². The number of benzene rings is 3. The largest absolute Gasteiger partial charge is 0.508 e. The van der Waals surface area contributed by atoms with Gasteiger partial charge in [-0.05, 0) is 68.7 Å². The van der Waals surface area contributed by atoms with Crippen molar-refractivity contribution in [3.63, 3.8) is 0 Å². The van der Waals surface area contributed by atoms with Crippen LogP contribution in [-0.4, -0.2) is 77.1 Å². The third kappa shape index (κ3) is 5.10. The van der Waals surface area contributed by atoms with E-state index in [9.17, 15) is 9.50 Å². The van der Waals surface area contributed by atoms with Gasteiger partial charge >= 0.3 is 6.01 Å². The summed E-state index contributed by atoms with van der Waals surface area (Å²) in [4.78, 5) is 13.6. The zero-order valence-corrected chi connectivity index (χ0v) is 25.8. The van der Waals surface area contributed by atoms with Gasteiger partial charge in [0.25, 0.3) is 0 Å². The number of nitrogens with zero attached hydrogens (tertiary/aromatic N) is 4. The summed E-state index contributed by atoms with van der Waals surface area (Å²) in [6.07, 6.45) is 9.45. The SMILES string of the molecule is C#Cc1cccc2cc(O)cc(-c3c(F)cc4c(N5C[C@H]6CC[C@@](C)(C5)N6)nc(OCC5(CN6CC[C@@H](F)C6)CC5)nc4c3F)c12. The van der Waals surface area contributed by atoms with Crippen LogP contribution in [0, 0.1) is 29.4 Å². The quantitative estimate of drug-likeness (QED) is 0.246. The van der Waals surface area contributed by atoms with E-state index in [1.54, 1.807) is 18.2 Å². The van der Waals surface area contributed by atoms with Gasteiger partial charge in [-0.15, -0.1) is 6.42 Å². The highest BCUT2D eigenvalue weighted by atomic mass is 19.1. The number of hydrogen-bond acceptors (Lipinski definition) is 7. The molecule has 1 saturated carbocycles. The number of nitrogens with one attached hydrogen (secondary N) is 1. The van der Waals surface area contributed by atoms with Crippen LogP contribution in [0.15, 0.2) is 36.4 Å². The Kier molecular flexibility index (Phi) is 6.85. The molecule has 238 valence electrons. The number of aromatic hydroxyl groups is 1. The van der Waals surface area contributed by atoms with Gasteiger partial charge in [0.05, 0.1) is 12.2 Å². The zero-order chi connectivity index (χ0) is 31.8. The van der Waals surface area contributed by atoms with E-state index in [0.29, 0.717) is 54.8 Å². The average Bonchev–Trinajstić information content (AvgIpc) is 3.58. The number of phenols is 1. The molecule has 1 aliphatic carbocycles. The number of hydrogen-bond donors (Lipinski definition) is 2. The molecule has 3 aromatic carbocycles. The number of fused-ring (bicyclic) bond motifs is 4. The third-order valence-electron chi connectivity index (χ3n) is 10.3. The Bertz CT molecular complexity index is 1920. The van der Waals surface area contributed by atoms with Gasteiger partial charge in [0.15, 0.2) is 5.82 Å². The summed E-state index contributed by atoms with van der Waals surface area (Å²) >= 11 is 0. The van der Waals surface area contributed by atoms with Crippen molar-refractivity contribution in [2.24, 2.45) is 5.41 Å². The second-order valence-electron chi connectivity index (χ2n) is 14.0. The molecule has 3 atom stereocenters. The summed E-state index contributed by atoms with van der Waals surface area (Å²) in [5.74, 6) is 1.22. The minimum Gasteiger partial charge on any atom is -0.508 e. The summed E-state index contributed by atoms with van der Waals surface area (Å²) < 4.78 is 53.3. The number of anilines is 1. The van der Waals surface area contributed by atoms with Crippen molar-refractivity contribution in [3.05, 3.63) is 53.6 Å². The first kappa shape index (κ1) is 29.3. The number of rotatable bonds is 7. The van der Waals surface area contributed by atoms with Gasteiger partial charge in [0, 0.05) is 71.6 Å². The van der Waals surface area contributed by atoms with E-state index in [4.69, 9.17) is 16.1 Å². The van der Waals surface area contributed by atoms with Crippen LogP contribution in [0.3, 0.4) is 0 Å². The van der Waals surface area contributed by atoms with E-state index < -0.39 is 17.8 Å². The maximum atomic E-state index is 16.9. The number of likely N-dealkylation sites (tertiary alicyclic amines) is 1. The van der Waals surface area contributed by atoms with Crippen LogP contribution in [0.25, 0.3) is 32.8 Å². The first-order valence-electron chi connectivity index (χ1n) is 16.1. The summed E-state index contributed by atoms with van der Waals surface area (Å²) in [6.45, 7) is 5.64. The normalized spacial score (nSPS) is 25.3. The molecule has 0 unspecified atom stereocenters. The lowest BCUT2D eigenvalue weighted by Crippen LogP contribution is -2.58. The fraction of sp³-hybridized carbons (Fsp3) is 0.444. The molecule has 3 aliphatic heterocycles. The summed E-state index contributed by atoms with van der Waals surface area (Å²) in [7, 11) is 0. The second kappa shape index (κ2) is 10.7. The first-order chi connectivity index (χ1) is 22.1. The average molecular weight is 628 g/mol. The van der Waals surface area contributed by atoms with Gasteiger partial charge in [0.1, 0.15) is 29.1 Å². The number of phenolic OH excluding ortho intramolecular Hbond substituents is 1. The highest BCUT2D eigenvalue weighted by molar-refractivity contribution is 6.04. The van der Waals surface area contributed by atoms with Crippen LogP contribution in [-0.2, 0) is 0 Å². The van der Waals surface area contributed by atoms with E-state index in [1.807, 2.05) is 0 Å². The van der Waals surface area contributed by atoms with Crippen molar-refractivity contribution in [3.8, 4) is 35.2 Å². The highest BCUT2D eigenvalue weighted by Crippen LogP contribution is 2.47. The number of aromatic nitrogens is 2. The smallest absolute Gasteiger partial charge is 0.319 e. The van der Waals surface area contributed by atoms with E-state index in [0.717, 1.165) is 38.8 Å². The number of piperazine rings is 1. The lowest BCUT2D eigenvalue weighted by Gasteiger charge is -2.40. The van der Waals surface area contributed by atoms with Gasteiger partial charge in [-0.25, -0.2) is 13.2 Å². The molecule has 3 saturated heterocycles. The molecular weight excluding hydrogens is 591 g/mol. The zero-order valence-electron chi connectivity index (χ0n) is 25.8. The molecular formula is C36H36F3N5O2. The Morgan fingerprint density at radius 1 is 1.13 bits per heavy atom. The van der Waals surface area contributed by atoms with Crippen LogP contribution >= 0.6 is 0 Å². The van der Waals surface area contributed by atoms with Crippen molar-refractivity contribution in [2.45, 2.75) is 56.8 Å². The molecule has 0 amide bonds. The molecule has 7 nitrogen and oxygen atoms in total. The standard InChI is InChI=1S/C36H36F3N5O2/c1-3-21-5-4-6-22-13-25(45)14-26(29(21)22)30-28(38)15-27-32(31(30)39)40-34(41-33(27)44-17-24-7-9-35(2,18-44)42-24)46-20-36(10-11-36)19-43-12-8-23(37)16-43/h1,4-6,13-15,23-24,42,45H,7-12,16-20H2,2H3/t23-,24-,35+/m1/s1. The number of alkyl halides is 1. The van der Waals surface area contributed by atoms with Crippen LogP contribution in [0.2, 0.25) is 0 Å². The lowest BCUT2D eigenvalue weighted by molar-refractivity contribution is 0.165. The summed E-state index contributed by atoms with van der Waals surface area (Å²) in [5, 5.41) is 15.5. The van der Waals surface area contributed by atoms with Crippen molar-refractivity contribution in [1.29, 1.82) is 0 Å². The minimum absolute atomic E-state index is 0.0242. The van der Waals surface area contributed by atoms with Crippen molar-refractivity contribution < 1.29 is 23.0 Å². The number of halogens is 3. The maximum Gasteiger partial charge on any atom is 0.319 e. The molecule has 2 N–H and O–H groups in total. The van der Waals surface area contributed by atoms with Crippen LogP contribution in [0.5, 0.6) is 11.8 Å². The Balaban J connectivity index is 1.25. The van der Waals surface area contributed by atoms with Crippen LogP contribution < -0.4 is 15.0 Å². The molecule has 0 spiro atoms. The molecule has 1 aromatic heterocycles. The highest BCUT2D eigenvalue weighted by Gasteiger charge is 2.46. The van der Waals surface area contributed by atoms with Gasteiger partial charge in [-0.2, -0.15) is 9.97 Å². The Hall–Kier alpha value is -4.07. The number of ether oxygens (including phenoxy) is 1. The number of terminal acetylenes is 1. The molecule has 0 radical (unpaired) electrons. The third-order valence-corrected chi connectivity index (χ3v) is 10.3. The molecule has 46 heavy (non-hydrogen) atoms. The lowest BCUT2D eigenvalue weighted by atomic mass is 9.93. The van der Waals surface area contributed by atoms with Gasteiger partial charge in [0.2, 0.25) is 0 Å². The predicted molar refractivity (Wildman–Crippen MR) is 172 cm³/mol. The summed E-state index contributed by atoms with van der Waals surface area (Å²) in [5.41, 5.74) is -0.0613. The Labute approximate surface area is 265 Å². The molecule has 4 heterocycles. The Morgan fingerprint density at radius 2 is 1.98 bits per heavy atom. The van der Waals surface area contributed by atoms with Crippen molar-refractivity contribution >= 4 is 27.5 Å². The molecule has 2 bridgehead atoms. The summed E-state index contributed by atoms with van der Waals surface area (Å²) in [6, 6.07) is 9.59. The molecule has 10 heteroatoms. The van der Waals surface area contributed by atoms with Crippen LogP contribution in [0.4, 0.5) is 19.0 Å². The van der Waals surface area contributed by atoms with Crippen molar-refractivity contribution in [2.75, 3.05) is 44.2 Å². The van der Waals surface area contributed by atoms with Gasteiger partial charge in [-0.1, -0.05) is 18.1 Å². The van der Waals surface area contributed by atoms with E-state index in [-0.39, 0.29) is 50.8 Å².